The van der Waals surface area contributed by atoms with Gasteiger partial charge in [-0.1, -0.05) is 60.7 Å². The quantitative estimate of drug-likeness (QED) is 0.439. The van der Waals surface area contributed by atoms with Crippen molar-refractivity contribution in [3.8, 4) is 11.1 Å². The first-order valence-electron chi connectivity index (χ1n) is 10.0. The zero-order valence-corrected chi connectivity index (χ0v) is 16.8. The first-order valence-corrected chi connectivity index (χ1v) is 10.0. The molecule has 1 N–H and O–H groups in total. The summed E-state index contributed by atoms with van der Waals surface area (Å²) in [6.07, 6.45) is 5.51. The van der Waals surface area contributed by atoms with Crippen molar-refractivity contribution >= 4 is 12.2 Å². The summed E-state index contributed by atoms with van der Waals surface area (Å²) in [4.78, 5) is 15.8. The van der Waals surface area contributed by atoms with Gasteiger partial charge in [-0.3, -0.25) is 0 Å². The lowest BCUT2D eigenvalue weighted by Gasteiger charge is -2.14. The molecule has 0 saturated heterocycles. The lowest BCUT2D eigenvalue weighted by Crippen LogP contribution is -2.26. The number of rotatable bonds is 6. The van der Waals surface area contributed by atoms with Gasteiger partial charge in [-0.05, 0) is 52.8 Å². The van der Waals surface area contributed by atoms with Gasteiger partial charge in [-0.15, -0.1) is 0 Å². The van der Waals surface area contributed by atoms with Crippen LogP contribution in [0, 0.1) is 12.9 Å². The zero-order valence-electron chi connectivity index (χ0n) is 16.8. The Morgan fingerprint density at radius 3 is 2.47 bits per heavy atom. The molecular weight excluding hydrogens is 379 g/mol. The van der Waals surface area contributed by atoms with E-state index in [9.17, 15) is 9.18 Å². The molecule has 152 valence electrons. The second-order valence-electron chi connectivity index (χ2n) is 7.31. The van der Waals surface area contributed by atoms with Crippen molar-refractivity contribution in [3.63, 3.8) is 0 Å². The summed E-state index contributed by atoms with van der Waals surface area (Å²) >= 11 is 0. The van der Waals surface area contributed by atoms with Gasteiger partial charge in [0.1, 0.15) is 6.61 Å². The Kier molecular flexibility index (Phi) is 5.89. The second kappa shape index (κ2) is 8.91. The normalized spacial score (nSPS) is 12.6. The molecule has 0 spiro atoms. The standard InChI is InChI=1S/C25H23FN2O2/c1-17-14-24(26)28-15-18(17)8-6-7-13-27-25(29)30-16-23-21-11-4-2-9-19(21)20-10-3-5-12-22(20)23/h2-6,8-12,14-15,23H,7,13,16H2,1H3,(H,27,29). The molecule has 4 rings (SSSR count). The van der Waals surface area contributed by atoms with Crippen molar-refractivity contribution in [3.05, 3.63) is 95.1 Å². The van der Waals surface area contributed by atoms with Crippen LogP contribution in [0.4, 0.5) is 9.18 Å². The number of alkyl carbamates (subject to hydrolysis) is 1. The zero-order chi connectivity index (χ0) is 20.9. The number of ether oxygens (including phenoxy) is 1. The van der Waals surface area contributed by atoms with Crippen molar-refractivity contribution in [2.75, 3.05) is 13.2 Å². The van der Waals surface area contributed by atoms with E-state index < -0.39 is 12.0 Å². The van der Waals surface area contributed by atoms with E-state index in [1.165, 1.54) is 34.5 Å². The molecule has 4 nitrogen and oxygen atoms in total. The lowest BCUT2D eigenvalue weighted by atomic mass is 9.98. The van der Waals surface area contributed by atoms with Gasteiger partial charge < -0.3 is 10.1 Å². The molecule has 0 unspecified atom stereocenters. The van der Waals surface area contributed by atoms with Crippen molar-refractivity contribution in [2.45, 2.75) is 19.3 Å². The molecule has 0 atom stereocenters. The van der Waals surface area contributed by atoms with Gasteiger partial charge in [0.2, 0.25) is 5.95 Å². The Morgan fingerprint density at radius 2 is 1.80 bits per heavy atom. The molecule has 2 aromatic carbocycles. The largest absolute Gasteiger partial charge is 0.449 e. The third kappa shape index (κ3) is 4.25. The highest BCUT2D eigenvalue weighted by molar-refractivity contribution is 5.79. The summed E-state index contributed by atoms with van der Waals surface area (Å²) in [7, 11) is 0. The fourth-order valence-corrected chi connectivity index (χ4v) is 3.82. The highest BCUT2D eigenvalue weighted by Gasteiger charge is 2.28. The van der Waals surface area contributed by atoms with Crippen LogP contribution in [0.25, 0.3) is 17.2 Å². The SMILES string of the molecule is Cc1cc(F)ncc1C=CCCNC(=O)OCC1c2ccccc2-c2ccccc21. The Labute approximate surface area is 175 Å². The molecule has 0 saturated carbocycles. The molecule has 30 heavy (non-hydrogen) atoms. The summed E-state index contributed by atoms with van der Waals surface area (Å²) < 4.78 is 18.5. The maximum atomic E-state index is 13.0. The fraction of sp³-hybridized carbons (Fsp3) is 0.200. The van der Waals surface area contributed by atoms with Gasteiger partial charge in [-0.25, -0.2) is 9.78 Å². The Morgan fingerprint density at radius 1 is 1.13 bits per heavy atom. The van der Waals surface area contributed by atoms with E-state index in [4.69, 9.17) is 4.74 Å². The van der Waals surface area contributed by atoms with Gasteiger partial charge in [-0.2, -0.15) is 4.39 Å². The number of benzene rings is 2. The molecule has 0 bridgehead atoms. The molecule has 1 amide bonds. The fourth-order valence-electron chi connectivity index (χ4n) is 3.82. The third-order valence-corrected chi connectivity index (χ3v) is 5.34. The smallest absolute Gasteiger partial charge is 0.407 e. The van der Waals surface area contributed by atoms with Crippen molar-refractivity contribution in [1.29, 1.82) is 0 Å². The average molecular weight is 402 g/mol. The number of nitrogens with one attached hydrogen (secondary N) is 1. The minimum atomic E-state index is -0.485. The minimum absolute atomic E-state index is 0.0528. The summed E-state index contributed by atoms with van der Waals surface area (Å²) in [6, 6.07) is 17.9. The van der Waals surface area contributed by atoms with E-state index in [0.717, 1.165) is 11.1 Å². The Balaban J connectivity index is 1.28. The number of carbonyl (C=O) groups is 1. The molecule has 1 aromatic heterocycles. The molecule has 0 fully saturated rings. The van der Waals surface area contributed by atoms with Crippen LogP contribution in [0.5, 0.6) is 0 Å². The van der Waals surface area contributed by atoms with Crippen molar-refractivity contribution in [1.82, 2.24) is 10.3 Å². The number of nitrogens with zero attached hydrogens (tertiary/aromatic N) is 1. The first-order chi connectivity index (χ1) is 14.6. The average Bonchev–Trinajstić information content (AvgIpc) is 3.07. The number of hydrogen-bond acceptors (Lipinski definition) is 3. The van der Waals surface area contributed by atoms with Crippen LogP contribution in [0.2, 0.25) is 0 Å². The maximum Gasteiger partial charge on any atom is 0.407 e. The van der Waals surface area contributed by atoms with E-state index >= 15 is 0 Å². The third-order valence-electron chi connectivity index (χ3n) is 5.34. The van der Waals surface area contributed by atoms with E-state index in [1.807, 2.05) is 43.3 Å². The Bertz CT molecular complexity index is 1050. The molecule has 0 radical (unpaired) electrons. The lowest BCUT2D eigenvalue weighted by molar-refractivity contribution is 0.143. The number of halogens is 1. The topological polar surface area (TPSA) is 51.2 Å². The monoisotopic (exact) mass is 402 g/mol. The second-order valence-corrected chi connectivity index (χ2v) is 7.31. The summed E-state index contributed by atoms with van der Waals surface area (Å²) in [6.45, 7) is 2.59. The summed E-state index contributed by atoms with van der Waals surface area (Å²) in [5.74, 6) is -0.432. The number of carbonyl (C=O) groups excluding carboxylic acids is 1. The van der Waals surface area contributed by atoms with E-state index in [0.29, 0.717) is 19.6 Å². The number of pyridine rings is 1. The van der Waals surface area contributed by atoms with Crippen LogP contribution < -0.4 is 5.32 Å². The van der Waals surface area contributed by atoms with Crippen molar-refractivity contribution < 1.29 is 13.9 Å². The van der Waals surface area contributed by atoms with Crippen molar-refractivity contribution in [2.24, 2.45) is 0 Å². The molecule has 1 aliphatic rings. The highest BCUT2D eigenvalue weighted by Crippen LogP contribution is 2.44. The first kappa shape index (κ1) is 19.8. The van der Waals surface area contributed by atoms with E-state index in [1.54, 1.807) is 0 Å². The number of hydrogen-bond donors (Lipinski definition) is 1. The highest BCUT2D eigenvalue weighted by atomic mass is 19.1. The van der Waals surface area contributed by atoms with Crippen LogP contribution in [-0.4, -0.2) is 24.2 Å². The maximum absolute atomic E-state index is 13.0. The minimum Gasteiger partial charge on any atom is -0.449 e. The molecule has 1 aliphatic carbocycles. The predicted octanol–water partition coefficient (Wildman–Crippen LogP) is 5.47. The molecular formula is C25H23FN2O2. The number of amides is 1. The number of aryl methyl sites for hydroxylation is 1. The van der Waals surface area contributed by atoms with Crippen LogP contribution in [0.15, 0.2) is 66.9 Å². The van der Waals surface area contributed by atoms with Gasteiger partial charge in [0.05, 0.1) is 0 Å². The predicted molar refractivity (Wildman–Crippen MR) is 116 cm³/mol. The molecule has 3 aromatic rings. The van der Waals surface area contributed by atoms with Crippen LogP contribution >= 0.6 is 0 Å². The van der Waals surface area contributed by atoms with Gasteiger partial charge in [0, 0.05) is 18.7 Å². The number of fused-ring (bicyclic) bond motifs is 3. The van der Waals surface area contributed by atoms with Gasteiger partial charge in [0.25, 0.3) is 0 Å². The van der Waals surface area contributed by atoms with Gasteiger partial charge in [0.15, 0.2) is 0 Å². The van der Waals surface area contributed by atoms with Crippen LogP contribution in [0.3, 0.4) is 0 Å². The summed E-state index contributed by atoms with van der Waals surface area (Å²) in [5.41, 5.74) is 6.48. The Hall–Kier alpha value is -3.47. The molecule has 5 heteroatoms. The van der Waals surface area contributed by atoms with Gasteiger partial charge >= 0.3 is 6.09 Å². The molecule has 0 aliphatic heterocycles. The van der Waals surface area contributed by atoms with E-state index in [-0.39, 0.29) is 5.92 Å². The van der Waals surface area contributed by atoms with Crippen LogP contribution in [0.1, 0.15) is 34.6 Å². The number of aromatic nitrogens is 1. The summed E-state index contributed by atoms with van der Waals surface area (Å²) in [5, 5.41) is 2.78. The molecule has 1 heterocycles. The van der Waals surface area contributed by atoms with E-state index in [2.05, 4.69) is 34.6 Å². The van der Waals surface area contributed by atoms with Crippen LogP contribution in [-0.2, 0) is 4.74 Å².